The highest BCUT2D eigenvalue weighted by Gasteiger charge is 2.27. The maximum Gasteiger partial charge on any atom is 0.293 e. The van der Waals surface area contributed by atoms with Gasteiger partial charge in [0.2, 0.25) is 0 Å². The average molecular weight is 502 g/mol. The van der Waals surface area contributed by atoms with Crippen LogP contribution in [-0.4, -0.2) is 61.0 Å². The first kappa shape index (κ1) is 24.4. The number of aryl methyl sites for hydroxylation is 1. The van der Waals surface area contributed by atoms with Gasteiger partial charge in [-0.3, -0.25) is 19.8 Å². The first-order valence-electron chi connectivity index (χ1n) is 11.3. The summed E-state index contributed by atoms with van der Waals surface area (Å²) in [6.45, 7) is 4.54. The van der Waals surface area contributed by atoms with E-state index in [4.69, 9.17) is 16.6 Å². The zero-order valence-electron chi connectivity index (χ0n) is 19.6. The highest BCUT2D eigenvalue weighted by molar-refractivity contribution is 7.22. The number of amides is 1. The molecule has 0 radical (unpaired) electrons. The summed E-state index contributed by atoms with van der Waals surface area (Å²) >= 11 is 7.62. The summed E-state index contributed by atoms with van der Waals surface area (Å²) in [4.78, 5) is 35.5. The Balaban J connectivity index is 1.72. The fourth-order valence-electron chi connectivity index (χ4n) is 4.20. The number of halogens is 1. The largest absolute Gasteiger partial charge is 0.366 e. The monoisotopic (exact) mass is 501 g/mol. The van der Waals surface area contributed by atoms with Crippen molar-refractivity contribution in [2.75, 3.05) is 50.1 Å². The van der Waals surface area contributed by atoms with Gasteiger partial charge in [0, 0.05) is 42.8 Å². The molecule has 34 heavy (non-hydrogen) atoms. The molecule has 0 saturated carbocycles. The van der Waals surface area contributed by atoms with E-state index in [9.17, 15) is 14.9 Å². The zero-order chi connectivity index (χ0) is 24.4. The maximum absolute atomic E-state index is 13.7. The van der Waals surface area contributed by atoms with E-state index < -0.39 is 4.92 Å². The van der Waals surface area contributed by atoms with Gasteiger partial charge in [-0.15, -0.1) is 0 Å². The first-order valence-corrected chi connectivity index (χ1v) is 12.5. The number of anilines is 2. The Labute approximate surface area is 207 Å². The molecule has 1 aromatic heterocycles. The summed E-state index contributed by atoms with van der Waals surface area (Å²) in [5, 5.41) is 13.1. The lowest BCUT2D eigenvalue weighted by Crippen LogP contribution is -2.37. The lowest BCUT2D eigenvalue weighted by atomic mass is 10.1. The predicted molar refractivity (Wildman–Crippen MR) is 139 cm³/mol. The number of hydrogen-bond acceptors (Lipinski definition) is 7. The molecule has 0 bridgehead atoms. The van der Waals surface area contributed by atoms with E-state index >= 15 is 0 Å². The van der Waals surface area contributed by atoms with Crippen LogP contribution in [0.3, 0.4) is 0 Å². The van der Waals surface area contributed by atoms with Crippen LogP contribution in [0.4, 0.5) is 16.5 Å². The van der Waals surface area contributed by atoms with Crippen molar-refractivity contribution in [2.24, 2.45) is 0 Å². The molecule has 1 aliphatic rings. The second-order valence-corrected chi connectivity index (χ2v) is 10.3. The number of nitro benzene ring substituents is 1. The molecular formula is C24H28ClN5O3S. The number of benzene rings is 2. The second-order valence-electron chi connectivity index (χ2n) is 8.83. The molecule has 1 fully saturated rings. The van der Waals surface area contributed by atoms with Crippen molar-refractivity contribution in [2.45, 2.75) is 26.2 Å². The van der Waals surface area contributed by atoms with E-state index in [0.29, 0.717) is 28.9 Å². The number of carbonyl (C=O) groups excluding carboxylic acids is 1. The lowest BCUT2D eigenvalue weighted by Gasteiger charge is -2.28. The van der Waals surface area contributed by atoms with Gasteiger partial charge in [-0.1, -0.05) is 22.9 Å². The number of fused-ring (bicyclic) bond motifs is 1. The van der Waals surface area contributed by atoms with Crippen LogP contribution in [0, 0.1) is 17.0 Å². The summed E-state index contributed by atoms with van der Waals surface area (Å²) in [7, 11) is 3.87. The molecule has 0 N–H and O–H groups in total. The van der Waals surface area contributed by atoms with Crippen molar-refractivity contribution in [1.82, 2.24) is 9.88 Å². The Morgan fingerprint density at radius 2 is 1.91 bits per heavy atom. The maximum atomic E-state index is 13.7. The molecule has 0 atom stereocenters. The van der Waals surface area contributed by atoms with E-state index in [0.717, 1.165) is 48.1 Å². The topological polar surface area (TPSA) is 82.8 Å². The Bertz CT molecular complexity index is 1220. The van der Waals surface area contributed by atoms with Crippen LogP contribution in [0.1, 0.15) is 35.2 Å². The molecular weight excluding hydrogens is 474 g/mol. The van der Waals surface area contributed by atoms with E-state index in [-0.39, 0.29) is 17.2 Å². The van der Waals surface area contributed by atoms with Gasteiger partial charge in [0.15, 0.2) is 5.13 Å². The number of rotatable bonds is 7. The zero-order valence-corrected chi connectivity index (χ0v) is 21.2. The first-order chi connectivity index (χ1) is 16.2. The van der Waals surface area contributed by atoms with Crippen molar-refractivity contribution in [1.29, 1.82) is 0 Å². The molecule has 1 amide bonds. The quantitative estimate of drug-likeness (QED) is 0.320. The van der Waals surface area contributed by atoms with Crippen molar-refractivity contribution >= 4 is 55.6 Å². The highest BCUT2D eigenvalue weighted by Crippen LogP contribution is 2.35. The third-order valence-electron chi connectivity index (χ3n) is 6.00. The molecule has 0 unspecified atom stereocenters. The van der Waals surface area contributed by atoms with Crippen LogP contribution in [0.25, 0.3) is 10.2 Å². The molecule has 2 aromatic carbocycles. The highest BCUT2D eigenvalue weighted by atomic mass is 35.5. The van der Waals surface area contributed by atoms with E-state index in [1.165, 1.54) is 17.4 Å². The number of hydrogen-bond donors (Lipinski definition) is 0. The van der Waals surface area contributed by atoms with Crippen molar-refractivity contribution in [3.8, 4) is 0 Å². The molecule has 0 spiro atoms. The van der Waals surface area contributed by atoms with E-state index in [1.807, 2.05) is 43.0 Å². The van der Waals surface area contributed by atoms with Crippen molar-refractivity contribution in [3.63, 3.8) is 0 Å². The molecule has 1 aliphatic heterocycles. The van der Waals surface area contributed by atoms with Gasteiger partial charge in [-0.05, 0) is 70.1 Å². The van der Waals surface area contributed by atoms with Crippen LogP contribution in [-0.2, 0) is 0 Å². The molecule has 10 heteroatoms. The number of likely N-dealkylation sites (N-methyl/N-ethyl adjacent to an activating group) is 1. The summed E-state index contributed by atoms with van der Waals surface area (Å²) < 4.78 is 0.897. The van der Waals surface area contributed by atoms with Gasteiger partial charge in [0.05, 0.1) is 15.1 Å². The number of nitrogens with zero attached hydrogens (tertiary/aromatic N) is 5. The van der Waals surface area contributed by atoms with Gasteiger partial charge in [0.25, 0.3) is 11.6 Å². The molecule has 180 valence electrons. The second kappa shape index (κ2) is 10.2. The Morgan fingerprint density at radius 3 is 2.59 bits per heavy atom. The molecule has 8 nitrogen and oxygen atoms in total. The van der Waals surface area contributed by atoms with Crippen LogP contribution < -0.4 is 9.80 Å². The van der Waals surface area contributed by atoms with E-state index in [1.54, 1.807) is 17.0 Å². The van der Waals surface area contributed by atoms with Gasteiger partial charge in [0.1, 0.15) is 5.69 Å². The third kappa shape index (κ3) is 5.16. The predicted octanol–water partition coefficient (Wildman–Crippen LogP) is 5.37. The number of nitro groups is 1. The molecule has 2 heterocycles. The minimum atomic E-state index is -0.395. The molecule has 0 aliphatic carbocycles. The summed E-state index contributed by atoms with van der Waals surface area (Å²) in [6.07, 6.45) is 3.16. The van der Waals surface area contributed by atoms with Crippen LogP contribution in [0.15, 0.2) is 30.3 Å². The number of piperidine rings is 1. The van der Waals surface area contributed by atoms with Gasteiger partial charge in [-0.25, -0.2) is 4.98 Å². The fourth-order valence-corrected chi connectivity index (χ4v) is 5.65. The van der Waals surface area contributed by atoms with Crippen LogP contribution in [0.2, 0.25) is 5.02 Å². The number of aromatic nitrogens is 1. The fraction of sp³-hybridized carbons (Fsp3) is 0.417. The Hall–Kier alpha value is -2.75. The summed E-state index contributed by atoms with van der Waals surface area (Å²) in [5.41, 5.74) is 2.56. The van der Waals surface area contributed by atoms with Gasteiger partial charge in [-0.2, -0.15) is 0 Å². The lowest BCUT2D eigenvalue weighted by molar-refractivity contribution is -0.384. The minimum absolute atomic E-state index is 0.0350. The molecule has 1 saturated heterocycles. The summed E-state index contributed by atoms with van der Waals surface area (Å²) in [6, 6.07) is 8.50. The van der Waals surface area contributed by atoms with Crippen molar-refractivity contribution in [3.05, 3.63) is 56.6 Å². The van der Waals surface area contributed by atoms with Gasteiger partial charge >= 0.3 is 0 Å². The van der Waals surface area contributed by atoms with Gasteiger partial charge < -0.3 is 9.80 Å². The standard InChI is InChI=1S/C24H28ClN5O3S/c1-16-13-18(25)15-21-22(16)26-24(34-21)29(12-11-27(2)3)23(31)17-7-8-19(20(14-17)30(32)33)28-9-5-4-6-10-28/h7-8,13-15H,4-6,9-12H2,1-3H3. The van der Waals surface area contributed by atoms with Crippen molar-refractivity contribution < 1.29 is 9.72 Å². The normalized spacial score (nSPS) is 14.1. The Morgan fingerprint density at radius 1 is 1.18 bits per heavy atom. The third-order valence-corrected chi connectivity index (χ3v) is 7.25. The summed E-state index contributed by atoms with van der Waals surface area (Å²) in [5.74, 6) is -0.307. The minimum Gasteiger partial charge on any atom is -0.366 e. The smallest absolute Gasteiger partial charge is 0.293 e. The van der Waals surface area contributed by atoms with Crippen LogP contribution >= 0.6 is 22.9 Å². The Kier molecular flexibility index (Phi) is 7.35. The SMILES string of the molecule is Cc1cc(Cl)cc2sc(N(CCN(C)C)C(=O)c3ccc(N4CCCCC4)c([N+](=O)[O-])c3)nc12. The number of carbonyl (C=O) groups is 1. The molecule has 4 rings (SSSR count). The van der Waals surface area contributed by atoms with E-state index in [2.05, 4.69) is 0 Å². The average Bonchev–Trinajstić information content (AvgIpc) is 3.23. The number of thiazole rings is 1. The van der Waals surface area contributed by atoms with Crippen LogP contribution in [0.5, 0.6) is 0 Å². The molecule has 3 aromatic rings.